The molecule has 116 valence electrons. The van der Waals surface area contributed by atoms with Crippen molar-refractivity contribution in [2.24, 2.45) is 11.3 Å². The fourth-order valence-electron chi connectivity index (χ4n) is 2.89. The average Bonchev–Trinajstić information content (AvgIpc) is 2.84. The van der Waals surface area contributed by atoms with E-state index in [0.29, 0.717) is 32.5 Å². The molecule has 0 N–H and O–H groups in total. The Hall–Kier alpha value is -1.61. The molecule has 0 bridgehead atoms. The van der Waals surface area contributed by atoms with Crippen molar-refractivity contribution in [3.05, 3.63) is 0 Å². The SMILES string of the molecule is CC(C)(C)OC(=O)N1CCC(C#N)(C2COCC2=O)CC1. The third kappa shape index (κ3) is 3.35. The van der Waals surface area contributed by atoms with Gasteiger partial charge >= 0.3 is 6.09 Å². The van der Waals surface area contributed by atoms with Crippen LogP contribution in [0.1, 0.15) is 33.6 Å². The number of Topliss-reactive ketones (excluding diaryl/α,β-unsaturated/α-hetero) is 1. The molecule has 21 heavy (non-hydrogen) atoms. The minimum absolute atomic E-state index is 0.00210. The predicted molar refractivity (Wildman–Crippen MR) is 74.4 cm³/mol. The predicted octanol–water partition coefficient (Wildman–Crippen LogP) is 1.74. The maximum atomic E-state index is 12.0. The molecule has 2 heterocycles. The van der Waals surface area contributed by atoms with Gasteiger partial charge < -0.3 is 14.4 Å². The van der Waals surface area contributed by atoms with E-state index >= 15 is 0 Å². The number of ketones is 1. The summed E-state index contributed by atoms with van der Waals surface area (Å²) < 4.78 is 10.5. The molecule has 6 heteroatoms. The van der Waals surface area contributed by atoms with Gasteiger partial charge in [-0.05, 0) is 33.6 Å². The Balaban J connectivity index is 2.00. The molecule has 0 aromatic heterocycles. The number of carbonyl (C=O) groups is 2. The van der Waals surface area contributed by atoms with Crippen LogP contribution in [0.15, 0.2) is 0 Å². The molecule has 1 amide bonds. The number of nitrogens with zero attached hydrogens (tertiary/aromatic N) is 2. The lowest BCUT2D eigenvalue weighted by atomic mass is 9.69. The maximum absolute atomic E-state index is 12.0. The normalized spacial score (nSPS) is 25.5. The fraction of sp³-hybridized carbons (Fsp3) is 0.800. The summed E-state index contributed by atoms with van der Waals surface area (Å²) >= 11 is 0. The Morgan fingerprint density at radius 1 is 1.43 bits per heavy atom. The van der Waals surface area contributed by atoms with E-state index in [1.54, 1.807) is 4.90 Å². The van der Waals surface area contributed by atoms with Gasteiger partial charge in [0.05, 0.1) is 24.0 Å². The lowest BCUT2D eigenvalue weighted by Crippen LogP contribution is -2.48. The van der Waals surface area contributed by atoms with Crippen molar-refractivity contribution in [3.8, 4) is 6.07 Å². The average molecular weight is 294 g/mol. The number of hydrogen-bond donors (Lipinski definition) is 0. The smallest absolute Gasteiger partial charge is 0.410 e. The van der Waals surface area contributed by atoms with Gasteiger partial charge in [-0.2, -0.15) is 5.26 Å². The molecule has 2 rings (SSSR count). The van der Waals surface area contributed by atoms with E-state index in [2.05, 4.69) is 6.07 Å². The summed E-state index contributed by atoms with van der Waals surface area (Å²) in [7, 11) is 0. The van der Waals surface area contributed by atoms with Gasteiger partial charge in [-0.25, -0.2) is 4.79 Å². The molecule has 0 saturated carbocycles. The molecule has 2 aliphatic rings. The number of piperidine rings is 1. The highest BCUT2D eigenvalue weighted by Crippen LogP contribution is 2.41. The van der Waals surface area contributed by atoms with Gasteiger partial charge in [0.15, 0.2) is 5.78 Å². The molecule has 2 fully saturated rings. The Labute approximate surface area is 125 Å². The molecule has 0 aliphatic carbocycles. The summed E-state index contributed by atoms with van der Waals surface area (Å²) in [4.78, 5) is 25.5. The lowest BCUT2D eigenvalue weighted by Gasteiger charge is -2.39. The molecule has 0 aromatic rings. The van der Waals surface area contributed by atoms with Crippen LogP contribution in [0, 0.1) is 22.7 Å². The van der Waals surface area contributed by atoms with Crippen LogP contribution in [0.25, 0.3) is 0 Å². The minimum atomic E-state index is -0.702. The summed E-state index contributed by atoms with van der Waals surface area (Å²) in [6.45, 7) is 6.76. The zero-order valence-electron chi connectivity index (χ0n) is 12.8. The van der Waals surface area contributed by atoms with Crippen LogP contribution < -0.4 is 0 Å². The van der Waals surface area contributed by atoms with Gasteiger partial charge in [0.1, 0.15) is 12.2 Å². The quantitative estimate of drug-likeness (QED) is 0.736. The zero-order valence-corrected chi connectivity index (χ0v) is 12.8. The van der Waals surface area contributed by atoms with Crippen LogP contribution in [0.4, 0.5) is 4.79 Å². The molecule has 0 radical (unpaired) electrons. The van der Waals surface area contributed by atoms with Crippen LogP contribution in [-0.4, -0.2) is 48.7 Å². The van der Waals surface area contributed by atoms with Gasteiger partial charge in [-0.3, -0.25) is 4.79 Å². The number of rotatable bonds is 1. The van der Waals surface area contributed by atoms with E-state index in [-0.39, 0.29) is 24.4 Å². The molecule has 0 aromatic carbocycles. The molecule has 2 aliphatic heterocycles. The Kier molecular flexibility index (Phi) is 4.24. The van der Waals surface area contributed by atoms with E-state index in [9.17, 15) is 14.9 Å². The van der Waals surface area contributed by atoms with Crippen LogP contribution in [0.5, 0.6) is 0 Å². The summed E-state index contributed by atoms with van der Waals surface area (Å²) in [6, 6.07) is 2.32. The second-order valence-electron chi connectivity index (χ2n) is 6.77. The van der Waals surface area contributed by atoms with Crippen molar-refractivity contribution in [2.45, 2.75) is 39.2 Å². The molecule has 6 nitrogen and oxygen atoms in total. The van der Waals surface area contributed by atoms with Crippen LogP contribution in [0.3, 0.4) is 0 Å². The monoisotopic (exact) mass is 294 g/mol. The molecule has 1 unspecified atom stereocenters. The zero-order chi connectivity index (χ0) is 15.7. The van der Waals surface area contributed by atoms with E-state index in [1.165, 1.54) is 0 Å². The number of hydrogen-bond acceptors (Lipinski definition) is 5. The first-order valence-electron chi connectivity index (χ1n) is 7.27. The number of nitriles is 1. The fourth-order valence-corrected chi connectivity index (χ4v) is 2.89. The molecular formula is C15H22N2O4. The van der Waals surface area contributed by atoms with Crippen molar-refractivity contribution >= 4 is 11.9 Å². The van der Waals surface area contributed by atoms with Gasteiger partial charge in [-0.15, -0.1) is 0 Å². The highest BCUT2D eigenvalue weighted by atomic mass is 16.6. The molecule has 0 spiro atoms. The lowest BCUT2D eigenvalue weighted by molar-refractivity contribution is -0.123. The highest BCUT2D eigenvalue weighted by Gasteiger charge is 2.48. The summed E-state index contributed by atoms with van der Waals surface area (Å²) in [5, 5.41) is 9.54. The maximum Gasteiger partial charge on any atom is 0.410 e. The minimum Gasteiger partial charge on any atom is -0.444 e. The topological polar surface area (TPSA) is 79.6 Å². The van der Waals surface area contributed by atoms with E-state index in [0.717, 1.165) is 0 Å². The third-order valence-electron chi connectivity index (χ3n) is 4.11. The van der Waals surface area contributed by atoms with E-state index in [1.807, 2.05) is 20.8 Å². The third-order valence-corrected chi connectivity index (χ3v) is 4.11. The van der Waals surface area contributed by atoms with Crippen molar-refractivity contribution in [1.82, 2.24) is 4.90 Å². The van der Waals surface area contributed by atoms with Crippen LogP contribution in [0.2, 0.25) is 0 Å². The molecule has 1 atom stereocenters. The number of ether oxygens (including phenoxy) is 2. The second kappa shape index (κ2) is 5.64. The number of carbonyl (C=O) groups excluding carboxylic acids is 2. The van der Waals surface area contributed by atoms with E-state index < -0.39 is 11.0 Å². The van der Waals surface area contributed by atoms with Gasteiger partial charge in [-0.1, -0.05) is 0 Å². The Bertz CT molecular complexity index is 467. The van der Waals surface area contributed by atoms with Gasteiger partial charge in [0, 0.05) is 13.1 Å². The first-order chi connectivity index (χ1) is 9.77. The summed E-state index contributed by atoms with van der Waals surface area (Å²) in [5.41, 5.74) is -1.23. The summed E-state index contributed by atoms with van der Waals surface area (Å²) in [5.74, 6) is -0.356. The largest absolute Gasteiger partial charge is 0.444 e. The van der Waals surface area contributed by atoms with Crippen molar-refractivity contribution in [2.75, 3.05) is 26.3 Å². The summed E-state index contributed by atoms with van der Waals surface area (Å²) in [6.07, 6.45) is 0.619. The highest BCUT2D eigenvalue weighted by molar-refractivity contribution is 5.85. The van der Waals surface area contributed by atoms with E-state index in [4.69, 9.17) is 9.47 Å². The van der Waals surface area contributed by atoms with Crippen molar-refractivity contribution in [1.29, 1.82) is 5.26 Å². The number of amides is 1. The standard InChI is InChI=1S/C15H22N2O4/c1-14(2,3)21-13(19)17-6-4-15(10-16,5-7-17)11-8-20-9-12(11)18/h11H,4-9H2,1-3H3. The Morgan fingerprint density at radius 2 is 2.05 bits per heavy atom. The van der Waals surface area contributed by atoms with Crippen molar-refractivity contribution in [3.63, 3.8) is 0 Å². The Morgan fingerprint density at radius 3 is 2.48 bits per heavy atom. The van der Waals surface area contributed by atoms with Gasteiger partial charge in [0.25, 0.3) is 0 Å². The first-order valence-corrected chi connectivity index (χ1v) is 7.27. The number of likely N-dealkylation sites (tertiary alicyclic amines) is 1. The second-order valence-corrected chi connectivity index (χ2v) is 6.77. The first kappa shape index (κ1) is 15.8. The van der Waals surface area contributed by atoms with Gasteiger partial charge in [0.2, 0.25) is 0 Å². The van der Waals surface area contributed by atoms with Crippen LogP contribution in [-0.2, 0) is 14.3 Å². The van der Waals surface area contributed by atoms with Crippen LogP contribution >= 0.6 is 0 Å². The van der Waals surface area contributed by atoms with Crippen molar-refractivity contribution < 1.29 is 19.1 Å². The molecular weight excluding hydrogens is 272 g/mol. The molecule has 2 saturated heterocycles.